The molecule has 1 heterocycles. The summed E-state index contributed by atoms with van der Waals surface area (Å²) < 4.78 is 4.79. The van der Waals surface area contributed by atoms with Crippen LogP contribution in [0.25, 0.3) is 0 Å². The molecule has 0 spiro atoms. The summed E-state index contributed by atoms with van der Waals surface area (Å²) in [4.78, 5) is 60.0. The molecule has 1 aromatic rings. The number of benzene rings is 1. The van der Waals surface area contributed by atoms with Gasteiger partial charge in [-0.15, -0.1) is 0 Å². The standard InChI is InChI=1S/C18H19N3O6/c22-14(20-18(26)19-11-7-8-11)10-27-15(23)6-3-9-21-16(24)12-4-1-2-5-13(12)17(21)25/h1-2,4-5,11H,3,6-10H2,(H2,19,20,22,26). The van der Waals surface area contributed by atoms with E-state index in [0.29, 0.717) is 11.1 Å². The number of urea groups is 1. The number of hydrogen-bond donors (Lipinski definition) is 2. The molecule has 9 heteroatoms. The van der Waals surface area contributed by atoms with Crippen molar-refractivity contribution in [3.8, 4) is 0 Å². The average molecular weight is 373 g/mol. The maximum absolute atomic E-state index is 12.2. The van der Waals surface area contributed by atoms with E-state index in [1.807, 2.05) is 0 Å². The number of esters is 1. The van der Waals surface area contributed by atoms with E-state index in [4.69, 9.17) is 4.74 Å². The fourth-order valence-corrected chi connectivity index (χ4v) is 2.65. The number of carbonyl (C=O) groups is 5. The van der Waals surface area contributed by atoms with Crippen molar-refractivity contribution in [2.24, 2.45) is 0 Å². The number of carbonyl (C=O) groups excluding carboxylic acids is 5. The first-order chi connectivity index (χ1) is 13.0. The van der Waals surface area contributed by atoms with E-state index in [-0.39, 0.29) is 37.2 Å². The van der Waals surface area contributed by atoms with Crippen molar-refractivity contribution in [1.29, 1.82) is 0 Å². The molecule has 0 aromatic heterocycles. The molecule has 1 aliphatic heterocycles. The van der Waals surface area contributed by atoms with Gasteiger partial charge in [0.25, 0.3) is 17.7 Å². The van der Waals surface area contributed by atoms with Crippen molar-refractivity contribution < 1.29 is 28.7 Å². The van der Waals surface area contributed by atoms with Crippen molar-refractivity contribution in [1.82, 2.24) is 15.5 Å². The fraction of sp³-hybridized carbons (Fsp3) is 0.389. The normalized spacial score (nSPS) is 15.3. The highest BCUT2D eigenvalue weighted by Crippen LogP contribution is 2.22. The topological polar surface area (TPSA) is 122 Å². The predicted octanol–water partition coefficient (Wildman–Crippen LogP) is 0.594. The van der Waals surface area contributed by atoms with E-state index in [0.717, 1.165) is 17.7 Å². The first kappa shape index (κ1) is 18.6. The van der Waals surface area contributed by atoms with Gasteiger partial charge in [0, 0.05) is 19.0 Å². The summed E-state index contributed by atoms with van der Waals surface area (Å²) in [6.07, 6.45) is 1.94. The van der Waals surface area contributed by atoms with E-state index < -0.39 is 24.5 Å². The number of hydrogen-bond acceptors (Lipinski definition) is 6. The third-order valence-electron chi connectivity index (χ3n) is 4.17. The lowest BCUT2D eigenvalue weighted by Crippen LogP contribution is -2.42. The first-order valence-electron chi connectivity index (χ1n) is 8.67. The molecular formula is C18H19N3O6. The number of rotatable bonds is 7. The predicted molar refractivity (Wildman–Crippen MR) is 91.7 cm³/mol. The number of ether oxygens (including phenoxy) is 1. The molecule has 0 unspecified atom stereocenters. The molecule has 142 valence electrons. The van der Waals surface area contributed by atoms with Gasteiger partial charge in [-0.1, -0.05) is 12.1 Å². The zero-order valence-electron chi connectivity index (χ0n) is 14.5. The number of nitrogens with one attached hydrogen (secondary N) is 2. The Morgan fingerprint density at radius 1 is 1.07 bits per heavy atom. The Bertz CT molecular complexity index is 767. The minimum Gasteiger partial charge on any atom is -0.456 e. The number of nitrogens with zero attached hydrogens (tertiary/aromatic N) is 1. The largest absolute Gasteiger partial charge is 0.456 e. The van der Waals surface area contributed by atoms with Crippen LogP contribution in [0.5, 0.6) is 0 Å². The third-order valence-corrected chi connectivity index (χ3v) is 4.17. The second-order valence-electron chi connectivity index (χ2n) is 6.37. The van der Waals surface area contributed by atoms with Crippen molar-refractivity contribution in [3.05, 3.63) is 35.4 Å². The van der Waals surface area contributed by atoms with Crippen LogP contribution >= 0.6 is 0 Å². The lowest BCUT2D eigenvalue weighted by molar-refractivity contribution is -0.148. The van der Waals surface area contributed by atoms with Gasteiger partial charge >= 0.3 is 12.0 Å². The van der Waals surface area contributed by atoms with Crippen LogP contribution in [0.3, 0.4) is 0 Å². The van der Waals surface area contributed by atoms with Gasteiger partial charge in [-0.05, 0) is 31.4 Å². The van der Waals surface area contributed by atoms with Crippen LogP contribution < -0.4 is 10.6 Å². The highest BCUT2D eigenvalue weighted by Gasteiger charge is 2.34. The van der Waals surface area contributed by atoms with Gasteiger partial charge in [0.05, 0.1) is 11.1 Å². The molecule has 2 N–H and O–H groups in total. The van der Waals surface area contributed by atoms with Crippen molar-refractivity contribution in [3.63, 3.8) is 0 Å². The minimum absolute atomic E-state index is 0.0606. The molecule has 1 fully saturated rings. The van der Waals surface area contributed by atoms with Crippen LogP contribution in [0.1, 0.15) is 46.4 Å². The summed E-state index contributed by atoms with van der Waals surface area (Å²) in [5.74, 6) is -2.14. The Morgan fingerprint density at radius 2 is 1.70 bits per heavy atom. The first-order valence-corrected chi connectivity index (χ1v) is 8.67. The molecule has 1 aromatic carbocycles. The van der Waals surface area contributed by atoms with Gasteiger partial charge in [0.15, 0.2) is 6.61 Å². The zero-order chi connectivity index (χ0) is 19.4. The molecule has 2 aliphatic rings. The summed E-state index contributed by atoms with van der Waals surface area (Å²) in [6.45, 7) is -0.485. The number of imide groups is 2. The van der Waals surface area contributed by atoms with Crippen LogP contribution in [0, 0.1) is 0 Å². The quantitative estimate of drug-likeness (QED) is 0.533. The Morgan fingerprint density at radius 3 is 2.30 bits per heavy atom. The van der Waals surface area contributed by atoms with Crippen LogP contribution in [0.4, 0.5) is 4.79 Å². The van der Waals surface area contributed by atoms with E-state index in [2.05, 4.69) is 10.6 Å². The Kier molecular flexibility index (Phi) is 5.49. The molecule has 0 saturated heterocycles. The highest BCUT2D eigenvalue weighted by atomic mass is 16.5. The van der Waals surface area contributed by atoms with Gasteiger partial charge in [0.1, 0.15) is 0 Å². The van der Waals surface area contributed by atoms with E-state index in [9.17, 15) is 24.0 Å². The number of fused-ring (bicyclic) bond motifs is 1. The second kappa shape index (κ2) is 7.98. The molecule has 3 rings (SSSR count). The maximum atomic E-state index is 12.2. The van der Waals surface area contributed by atoms with Crippen molar-refractivity contribution >= 4 is 29.7 Å². The molecule has 9 nitrogen and oxygen atoms in total. The van der Waals surface area contributed by atoms with Crippen LogP contribution in [0.15, 0.2) is 24.3 Å². The maximum Gasteiger partial charge on any atom is 0.321 e. The monoisotopic (exact) mass is 373 g/mol. The average Bonchev–Trinajstić information content (AvgIpc) is 3.42. The van der Waals surface area contributed by atoms with Gasteiger partial charge in [-0.25, -0.2) is 4.79 Å². The fourth-order valence-electron chi connectivity index (χ4n) is 2.65. The van der Waals surface area contributed by atoms with Gasteiger partial charge < -0.3 is 10.1 Å². The number of amides is 5. The van der Waals surface area contributed by atoms with E-state index in [1.165, 1.54) is 0 Å². The second-order valence-corrected chi connectivity index (χ2v) is 6.37. The van der Waals surface area contributed by atoms with Crippen LogP contribution in [-0.4, -0.2) is 53.8 Å². The van der Waals surface area contributed by atoms with Gasteiger partial charge in [0.2, 0.25) is 0 Å². The molecule has 0 atom stereocenters. The highest BCUT2D eigenvalue weighted by molar-refractivity contribution is 6.21. The zero-order valence-corrected chi connectivity index (χ0v) is 14.5. The van der Waals surface area contributed by atoms with Gasteiger partial charge in [-0.2, -0.15) is 0 Å². The van der Waals surface area contributed by atoms with Gasteiger partial charge in [-0.3, -0.25) is 29.4 Å². The molecule has 1 aliphatic carbocycles. The molecule has 5 amide bonds. The summed E-state index contributed by atoms with van der Waals surface area (Å²) in [5.41, 5.74) is 0.706. The summed E-state index contributed by atoms with van der Waals surface area (Å²) in [5, 5.41) is 4.64. The molecule has 1 saturated carbocycles. The van der Waals surface area contributed by atoms with Crippen LogP contribution in [0.2, 0.25) is 0 Å². The van der Waals surface area contributed by atoms with Crippen LogP contribution in [-0.2, 0) is 14.3 Å². The molecule has 0 radical (unpaired) electrons. The lowest BCUT2D eigenvalue weighted by Gasteiger charge is -2.13. The summed E-state index contributed by atoms with van der Waals surface area (Å²) in [7, 11) is 0. The summed E-state index contributed by atoms with van der Waals surface area (Å²) >= 11 is 0. The SMILES string of the molecule is O=C(COC(=O)CCCN1C(=O)c2ccccc2C1=O)NC(=O)NC1CC1. The molecular weight excluding hydrogens is 354 g/mol. The lowest BCUT2D eigenvalue weighted by atomic mass is 10.1. The Labute approximate surface area is 155 Å². The summed E-state index contributed by atoms with van der Waals surface area (Å²) in [6, 6.07) is 6.04. The smallest absolute Gasteiger partial charge is 0.321 e. The molecule has 27 heavy (non-hydrogen) atoms. The van der Waals surface area contributed by atoms with E-state index >= 15 is 0 Å². The molecule has 0 bridgehead atoms. The van der Waals surface area contributed by atoms with Crippen molar-refractivity contribution in [2.75, 3.05) is 13.2 Å². The van der Waals surface area contributed by atoms with E-state index in [1.54, 1.807) is 24.3 Å². The minimum atomic E-state index is -0.721. The van der Waals surface area contributed by atoms with Crippen molar-refractivity contribution in [2.45, 2.75) is 31.7 Å². The Balaban J connectivity index is 1.35. The third kappa shape index (κ3) is 4.69. The Hall–Kier alpha value is -3.23.